The Kier molecular flexibility index (Phi) is 15.8. The molecule has 410 valence electrons. The molecule has 0 aromatic carbocycles. The first-order valence-corrected chi connectivity index (χ1v) is 26.3. The van der Waals surface area contributed by atoms with E-state index >= 15 is 0 Å². The smallest absolute Gasteiger partial charge is 0.389 e. The molecule has 0 bridgehead atoms. The van der Waals surface area contributed by atoms with Crippen LogP contribution >= 0.6 is 0 Å². The van der Waals surface area contributed by atoms with Gasteiger partial charge in [-0.3, -0.25) is 9.59 Å². The van der Waals surface area contributed by atoms with E-state index in [0.29, 0.717) is 82.5 Å². The zero-order chi connectivity index (χ0) is 51.0. The standard InChI is InChI=1S/C24H26N10O3.C21H26N8O3.C5H10.2CH3.Fe/c1-2-15(35)24-8-13(24)17(18(36)19(24)37)33-11-28-16-21(27-9-12-4-5-12)29-23(30-22(16)33)34-10-14(31-32-34)20-25-6-3-7-26-20;1-10(30)21-7-12(21)15(16(31)17(21)32)28-9-23-14-18(22-2)24-20(25-19(14)28)29-8-13(26-27-29)11-5-3-4-6-11;1-2-4-5-3-1;;;/h3,6-7,10-13,17-19,36-37H,2,4-5,8-9H2,1H3,(H,27,29,30);8-9,11-12,15-17,31-32H,3-7H2,1-2H3,(H,22,24,25);1-5H2;2*1H3;/q;;;2*-1;+2/t13-,17-,18-,19?,24-;12?,15-,16+,17?,21+;;;;/m11..../s1. The second kappa shape index (κ2) is 21.9. The van der Waals surface area contributed by atoms with Crippen LogP contribution in [0.1, 0.15) is 127 Å². The molecule has 24 nitrogen and oxygen atoms in total. The molecule has 7 aliphatic carbocycles. The van der Waals surface area contributed by atoms with E-state index in [9.17, 15) is 30.0 Å². The number of nitrogens with one attached hydrogen (secondary N) is 2. The first-order valence-electron chi connectivity index (χ1n) is 26.3. The number of hydrogen-bond acceptors (Lipinski definition) is 20. The van der Waals surface area contributed by atoms with E-state index in [1.807, 2.05) is 6.20 Å². The van der Waals surface area contributed by atoms with E-state index in [2.05, 4.69) is 56.2 Å². The van der Waals surface area contributed by atoms with Crippen LogP contribution in [0.25, 0.3) is 45.7 Å². The van der Waals surface area contributed by atoms with Crippen LogP contribution in [0.15, 0.2) is 43.5 Å². The normalized spacial score (nSPS) is 28.5. The molecule has 0 spiro atoms. The predicted octanol–water partition coefficient (Wildman–Crippen LogP) is 4.77. The van der Waals surface area contributed by atoms with Gasteiger partial charge in [-0.2, -0.15) is 29.3 Å². The molecule has 0 aliphatic heterocycles. The van der Waals surface area contributed by atoms with Crippen LogP contribution in [0, 0.1) is 43.4 Å². The van der Waals surface area contributed by atoms with Gasteiger partial charge in [0.25, 0.3) is 11.9 Å². The van der Waals surface area contributed by atoms with Gasteiger partial charge >= 0.3 is 17.1 Å². The van der Waals surface area contributed by atoms with Crippen LogP contribution < -0.4 is 10.6 Å². The van der Waals surface area contributed by atoms with Crippen molar-refractivity contribution >= 4 is 45.5 Å². The first kappa shape index (κ1) is 55.5. The summed E-state index contributed by atoms with van der Waals surface area (Å²) in [6, 6.07) is 0.704. The maximum absolute atomic E-state index is 12.7. The summed E-state index contributed by atoms with van der Waals surface area (Å²) in [7, 11) is 1.76. The summed E-state index contributed by atoms with van der Waals surface area (Å²) >= 11 is 0. The van der Waals surface area contributed by atoms with Crippen molar-refractivity contribution in [1.82, 2.24) is 79.0 Å². The molecule has 7 aromatic rings. The van der Waals surface area contributed by atoms with Gasteiger partial charge in [0.1, 0.15) is 23.8 Å². The van der Waals surface area contributed by atoms with Gasteiger partial charge in [0.15, 0.2) is 45.5 Å². The number of ketones is 2. The third-order valence-electron chi connectivity index (χ3n) is 17.0. The van der Waals surface area contributed by atoms with Crippen molar-refractivity contribution in [3.05, 3.63) is 64.1 Å². The number of fused-ring (bicyclic) bond motifs is 4. The molecule has 6 N–H and O–H groups in total. The first-order chi connectivity index (χ1) is 36.0. The van der Waals surface area contributed by atoms with Crippen molar-refractivity contribution in [1.29, 1.82) is 0 Å². The van der Waals surface area contributed by atoms with Crippen LogP contribution in [-0.4, -0.2) is 149 Å². The summed E-state index contributed by atoms with van der Waals surface area (Å²) < 4.78 is 6.57. The number of nitrogens with zero attached hydrogens (tertiary/aromatic N) is 16. The minimum atomic E-state index is -1.12. The molecular formula is C52H68FeN18O6. The molecule has 7 fully saturated rings. The number of anilines is 2. The Hall–Kier alpha value is -6.24. The minimum absolute atomic E-state index is 0. The summed E-state index contributed by atoms with van der Waals surface area (Å²) in [5, 5.41) is 66.8. The number of hydrogen-bond donors (Lipinski definition) is 6. The number of rotatable bonds is 13. The molecule has 0 saturated heterocycles. The number of aromatic nitrogens is 16. The molecule has 7 heterocycles. The van der Waals surface area contributed by atoms with Crippen molar-refractivity contribution in [2.75, 3.05) is 24.2 Å². The van der Waals surface area contributed by atoms with Gasteiger partial charge in [-0.25, -0.2) is 19.9 Å². The Balaban J connectivity index is 0.000000167. The average Bonchev–Trinajstić information content (AvgIpc) is 4.18. The number of carbonyl (C=O) groups is 2. The molecular weight excluding hydrogens is 1030 g/mol. The average molecular weight is 1100 g/mol. The summed E-state index contributed by atoms with van der Waals surface area (Å²) in [6.07, 6.45) is 21.5. The van der Waals surface area contributed by atoms with E-state index in [1.165, 1.54) is 69.4 Å². The summed E-state index contributed by atoms with van der Waals surface area (Å²) in [5.41, 5.74) is 1.76. The van der Waals surface area contributed by atoms with Gasteiger partial charge in [0.2, 0.25) is 0 Å². The minimum Gasteiger partial charge on any atom is -0.389 e. The monoisotopic (exact) mass is 1100 g/mol. The van der Waals surface area contributed by atoms with Crippen LogP contribution in [0.5, 0.6) is 0 Å². The number of aliphatic hydroxyl groups excluding tert-OH is 4. The Bertz CT molecular complexity index is 3220. The molecule has 77 heavy (non-hydrogen) atoms. The van der Waals surface area contributed by atoms with E-state index < -0.39 is 47.3 Å². The van der Waals surface area contributed by atoms with Crippen molar-refractivity contribution in [2.24, 2.45) is 28.6 Å². The molecule has 7 aliphatic rings. The topological polar surface area (TPSA) is 314 Å². The molecule has 0 amide bonds. The van der Waals surface area contributed by atoms with Crippen LogP contribution in [0.4, 0.5) is 11.6 Å². The van der Waals surface area contributed by atoms with Crippen molar-refractivity contribution in [3.8, 4) is 23.4 Å². The van der Waals surface area contributed by atoms with E-state index in [-0.39, 0.29) is 61.3 Å². The maximum Gasteiger partial charge on any atom is 2.00 e. The third kappa shape index (κ3) is 9.49. The zero-order valence-electron chi connectivity index (χ0n) is 44.0. The molecule has 0 radical (unpaired) electrons. The van der Waals surface area contributed by atoms with E-state index in [0.717, 1.165) is 25.1 Å². The Labute approximate surface area is 456 Å². The molecule has 3 unspecified atom stereocenters. The van der Waals surface area contributed by atoms with Gasteiger partial charge < -0.3 is 55.0 Å². The fourth-order valence-electron chi connectivity index (χ4n) is 12.6. The molecule has 14 rings (SSSR count). The second-order valence-corrected chi connectivity index (χ2v) is 21.3. The number of Topliss-reactive ketones (excluding diaryl/α,β-unsaturated/α-hetero) is 2. The largest absolute Gasteiger partial charge is 2.00 e. The van der Waals surface area contributed by atoms with Crippen LogP contribution in [-0.2, 0) is 26.7 Å². The van der Waals surface area contributed by atoms with Gasteiger partial charge in [-0.15, -0.1) is 10.2 Å². The fraction of sp³-hybridized carbons (Fsp3) is 0.577. The Morgan fingerprint density at radius 1 is 0.688 bits per heavy atom. The fourth-order valence-corrected chi connectivity index (χ4v) is 12.6. The van der Waals surface area contributed by atoms with Crippen molar-refractivity contribution in [3.63, 3.8) is 0 Å². The SMILES string of the molecule is C1CCCC1.CCC(=O)[C@@]12C[C@@H]1[C@@H](n1cnc3c(NCC4CC4)nc(-n4cc(-c5ncccn5)nn4)nc31)[C@@H](O)C2O.CNc1nc(-n2cc(C3CCCC3)nn2)nc2c1ncn2[C@@H]1C2C[C@@]2(C(C)=O)C(O)[C@H]1O.[CH3-].[CH3-].[Fe+2]. The summed E-state index contributed by atoms with van der Waals surface area (Å²) in [5.74, 6) is 2.71. The maximum atomic E-state index is 12.7. The summed E-state index contributed by atoms with van der Waals surface area (Å²) in [6.45, 7) is 4.03. The van der Waals surface area contributed by atoms with Crippen LogP contribution in [0.3, 0.4) is 0 Å². The van der Waals surface area contributed by atoms with E-state index in [4.69, 9.17) is 15.0 Å². The van der Waals surface area contributed by atoms with Crippen LogP contribution in [0.2, 0.25) is 0 Å². The van der Waals surface area contributed by atoms with Gasteiger partial charge in [-0.05, 0) is 69.3 Å². The van der Waals surface area contributed by atoms with Crippen molar-refractivity contribution < 1.29 is 47.1 Å². The van der Waals surface area contributed by atoms with E-state index in [1.54, 1.807) is 65.1 Å². The quantitative estimate of drug-likeness (QED) is 0.0669. The molecule has 25 heteroatoms. The Morgan fingerprint density at radius 2 is 1.22 bits per heavy atom. The molecule has 7 saturated carbocycles. The molecule has 7 aromatic heterocycles. The van der Waals surface area contributed by atoms with Crippen molar-refractivity contribution in [2.45, 2.75) is 146 Å². The third-order valence-corrected chi connectivity index (χ3v) is 17.0. The summed E-state index contributed by atoms with van der Waals surface area (Å²) in [4.78, 5) is 61.2. The second-order valence-electron chi connectivity index (χ2n) is 21.3. The number of aliphatic hydroxyl groups is 4. The number of carbonyl (C=O) groups excluding carboxylic acids is 2. The predicted molar refractivity (Wildman–Crippen MR) is 279 cm³/mol. The Morgan fingerprint density at radius 3 is 1.78 bits per heavy atom. The number of imidazole rings is 2. The van der Waals surface area contributed by atoms with Gasteiger partial charge in [0.05, 0.1) is 65.9 Å². The molecule has 10 atom stereocenters. The van der Waals surface area contributed by atoms with Gasteiger partial charge in [0, 0.05) is 38.3 Å². The zero-order valence-corrected chi connectivity index (χ0v) is 45.1. The van der Waals surface area contributed by atoms with Gasteiger partial charge in [-0.1, -0.05) is 62.3 Å².